The summed E-state index contributed by atoms with van der Waals surface area (Å²) in [5.41, 5.74) is 0.398. The lowest BCUT2D eigenvalue weighted by atomic mass is 10.3. The highest BCUT2D eigenvalue weighted by Crippen LogP contribution is 2.08. The fourth-order valence-corrected chi connectivity index (χ4v) is 1.66. The van der Waals surface area contributed by atoms with Crippen LogP contribution >= 0.6 is 0 Å². The number of furan rings is 1. The van der Waals surface area contributed by atoms with Gasteiger partial charge in [0.15, 0.2) is 5.82 Å². The Bertz CT molecular complexity index is 621. The van der Waals surface area contributed by atoms with Gasteiger partial charge in [-0.3, -0.25) is 9.36 Å². The summed E-state index contributed by atoms with van der Waals surface area (Å²) in [5.74, 6) is 1.36. The minimum Gasteiger partial charge on any atom is -0.469 e. The molecule has 3 rings (SSSR count). The molecule has 5 heteroatoms. The van der Waals surface area contributed by atoms with Gasteiger partial charge in [0.25, 0.3) is 5.56 Å². The van der Waals surface area contributed by atoms with E-state index in [0.29, 0.717) is 17.9 Å². The van der Waals surface area contributed by atoms with E-state index in [1.165, 1.54) is 4.57 Å². The molecular formula is C11H9N3O2. The number of hydrogen-bond donors (Lipinski definition) is 1. The van der Waals surface area contributed by atoms with Gasteiger partial charge in [-0.25, -0.2) is 4.98 Å². The molecule has 16 heavy (non-hydrogen) atoms. The number of H-pyrrole nitrogens is 1. The second-order valence-corrected chi connectivity index (χ2v) is 3.47. The fraction of sp³-hybridized carbons (Fsp3) is 0.0909. The van der Waals surface area contributed by atoms with E-state index in [4.69, 9.17) is 4.42 Å². The molecule has 0 aromatic carbocycles. The predicted octanol–water partition coefficient (Wildman–Crippen LogP) is 1.18. The van der Waals surface area contributed by atoms with E-state index in [2.05, 4.69) is 9.97 Å². The molecule has 80 valence electrons. The molecule has 1 N–H and O–H groups in total. The molecule has 2 aliphatic rings. The molecule has 0 radical (unpaired) electrons. The van der Waals surface area contributed by atoms with Gasteiger partial charge in [-0.05, 0) is 12.1 Å². The lowest BCUT2D eigenvalue weighted by Crippen LogP contribution is -2.14. The first kappa shape index (κ1) is 8.96. The van der Waals surface area contributed by atoms with Crippen LogP contribution in [0.2, 0.25) is 0 Å². The van der Waals surface area contributed by atoms with Crippen LogP contribution in [0.3, 0.4) is 0 Å². The second-order valence-electron chi connectivity index (χ2n) is 3.47. The SMILES string of the molecule is O=c1c(Cc2ccco2)nc2c[nH]ccn1-2. The largest absolute Gasteiger partial charge is 0.469 e. The Kier molecular flexibility index (Phi) is 1.89. The summed E-state index contributed by atoms with van der Waals surface area (Å²) >= 11 is 0. The third-order valence-corrected chi connectivity index (χ3v) is 2.42. The summed E-state index contributed by atoms with van der Waals surface area (Å²) in [4.78, 5) is 19.0. The first-order valence-electron chi connectivity index (χ1n) is 4.91. The number of aromatic nitrogens is 3. The van der Waals surface area contributed by atoms with Gasteiger partial charge in [-0.2, -0.15) is 0 Å². The van der Waals surface area contributed by atoms with Crippen LogP contribution < -0.4 is 5.56 Å². The summed E-state index contributed by atoms with van der Waals surface area (Å²) in [7, 11) is 0. The Morgan fingerprint density at radius 2 is 2.44 bits per heavy atom. The van der Waals surface area contributed by atoms with Crippen molar-refractivity contribution < 1.29 is 4.42 Å². The van der Waals surface area contributed by atoms with Crippen molar-refractivity contribution in [3.05, 3.63) is 58.8 Å². The number of hydrogen-bond acceptors (Lipinski definition) is 3. The zero-order valence-electron chi connectivity index (χ0n) is 8.38. The maximum atomic E-state index is 11.9. The fourth-order valence-electron chi connectivity index (χ4n) is 1.66. The molecule has 0 saturated carbocycles. The Labute approximate surface area is 90.7 Å². The van der Waals surface area contributed by atoms with Crippen molar-refractivity contribution in [1.82, 2.24) is 14.5 Å². The zero-order chi connectivity index (χ0) is 11.0. The van der Waals surface area contributed by atoms with E-state index in [1.807, 2.05) is 6.07 Å². The molecule has 0 atom stereocenters. The molecule has 0 aliphatic carbocycles. The van der Waals surface area contributed by atoms with Crippen molar-refractivity contribution in [1.29, 1.82) is 0 Å². The van der Waals surface area contributed by atoms with Crippen LogP contribution in [0.5, 0.6) is 0 Å². The van der Waals surface area contributed by atoms with E-state index in [1.54, 1.807) is 30.9 Å². The standard InChI is InChI=1S/C11H9N3O2/c15-11-9(6-8-2-1-5-16-8)13-10-7-12-3-4-14(10)11/h1-5,7,12H,6H2. The van der Waals surface area contributed by atoms with Crippen molar-refractivity contribution >= 4 is 0 Å². The maximum Gasteiger partial charge on any atom is 0.278 e. The number of nitrogens with one attached hydrogen (secondary N) is 1. The second kappa shape index (κ2) is 3.37. The first-order chi connectivity index (χ1) is 7.84. The molecule has 0 amide bonds. The molecule has 0 spiro atoms. The van der Waals surface area contributed by atoms with Crippen LogP contribution in [0.4, 0.5) is 0 Å². The lowest BCUT2D eigenvalue weighted by Gasteiger charge is -1.95. The van der Waals surface area contributed by atoms with Crippen LogP contribution in [-0.2, 0) is 6.42 Å². The van der Waals surface area contributed by atoms with Crippen molar-refractivity contribution in [2.45, 2.75) is 6.42 Å². The summed E-state index contributed by atoms with van der Waals surface area (Å²) in [6.07, 6.45) is 7.05. The lowest BCUT2D eigenvalue weighted by molar-refractivity contribution is 0.519. The average Bonchev–Trinajstić information content (AvgIpc) is 2.90. The van der Waals surface area contributed by atoms with Crippen LogP contribution in [0.1, 0.15) is 11.5 Å². The predicted molar refractivity (Wildman–Crippen MR) is 56.9 cm³/mol. The molecule has 1 aromatic rings. The summed E-state index contributed by atoms with van der Waals surface area (Å²) in [6, 6.07) is 3.62. The van der Waals surface area contributed by atoms with E-state index < -0.39 is 0 Å². The molecule has 2 aliphatic heterocycles. The highest BCUT2D eigenvalue weighted by molar-refractivity contribution is 5.26. The number of imidazole rings is 1. The van der Waals surface area contributed by atoms with Gasteiger partial charge >= 0.3 is 0 Å². The van der Waals surface area contributed by atoms with Gasteiger partial charge < -0.3 is 9.40 Å². The van der Waals surface area contributed by atoms with E-state index in [0.717, 1.165) is 5.76 Å². The minimum absolute atomic E-state index is 0.0969. The van der Waals surface area contributed by atoms with Gasteiger partial charge in [-0.15, -0.1) is 0 Å². The van der Waals surface area contributed by atoms with Crippen LogP contribution in [0.15, 0.2) is 46.2 Å². The summed E-state index contributed by atoms with van der Waals surface area (Å²) in [5, 5.41) is 0. The van der Waals surface area contributed by atoms with Crippen molar-refractivity contribution in [3.8, 4) is 5.82 Å². The van der Waals surface area contributed by atoms with E-state index >= 15 is 0 Å². The number of nitrogens with zero attached hydrogens (tertiary/aromatic N) is 2. The van der Waals surface area contributed by atoms with Gasteiger partial charge in [0.2, 0.25) is 0 Å². The van der Waals surface area contributed by atoms with Gasteiger partial charge in [0.1, 0.15) is 11.5 Å². The van der Waals surface area contributed by atoms with Crippen LogP contribution in [0, 0.1) is 0 Å². The average molecular weight is 215 g/mol. The highest BCUT2D eigenvalue weighted by Gasteiger charge is 2.14. The Morgan fingerprint density at radius 1 is 1.50 bits per heavy atom. The third-order valence-electron chi connectivity index (χ3n) is 2.42. The molecule has 0 bridgehead atoms. The smallest absolute Gasteiger partial charge is 0.278 e. The Hall–Kier alpha value is -2.30. The van der Waals surface area contributed by atoms with Crippen molar-refractivity contribution in [2.24, 2.45) is 0 Å². The summed E-state index contributed by atoms with van der Waals surface area (Å²) in [6.45, 7) is 0. The normalized spacial score (nSPS) is 11.0. The maximum absolute atomic E-state index is 11.9. The highest BCUT2D eigenvalue weighted by atomic mass is 16.3. The number of fused-ring (bicyclic) bond motifs is 1. The van der Waals surface area contributed by atoms with Gasteiger partial charge in [0.05, 0.1) is 12.7 Å². The molecule has 0 unspecified atom stereocenters. The Balaban J connectivity index is 2.08. The first-order valence-corrected chi connectivity index (χ1v) is 4.91. The third kappa shape index (κ3) is 1.33. The summed E-state index contributed by atoms with van der Waals surface area (Å²) < 4.78 is 6.70. The van der Waals surface area contributed by atoms with E-state index in [-0.39, 0.29) is 5.56 Å². The van der Waals surface area contributed by atoms with Gasteiger partial charge in [0, 0.05) is 18.6 Å². The van der Waals surface area contributed by atoms with Crippen molar-refractivity contribution in [3.63, 3.8) is 0 Å². The molecule has 5 nitrogen and oxygen atoms in total. The molecule has 1 aromatic heterocycles. The molecule has 0 fully saturated rings. The molecular weight excluding hydrogens is 206 g/mol. The zero-order valence-corrected chi connectivity index (χ0v) is 8.38. The Morgan fingerprint density at radius 3 is 3.19 bits per heavy atom. The monoisotopic (exact) mass is 215 g/mol. The topological polar surface area (TPSA) is 63.8 Å². The number of aromatic amines is 1. The molecule has 0 saturated heterocycles. The number of rotatable bonds is 2. The van der Waals surface area contributed by atoms with Crippen LogP contribution in [0.25, 0.3) is 5.82 Å². The quantitative estimate of drug-likeness (QED) is 0.698. The van der Waals surface area contributed by atoms with E-state index in [9.17, 15) is 4.79 Å². The molecule has 3 heterocycles. The minimum atomic E-state index is -0.0969. The van der Waals surface area contributed by atoms with Crippen LogP contribution in [-0.4, -0.2) is 14.5 Å². The van der Waals surface area contributed by atoms with Crippen molar-refractivity contribution in [2.75, 3.05) is 0 Å². The van der Waals surface area contributed by atoms with Gasteiger partial charge in [-0.1, -0.05) is 0 Å².